The molecule has 0 bridgehead atoms. The first kappa shape index (κ1) is 41.0. The van der Waals surface area contributed by atoms with Crippen molar-refractivity contribution in [2.45, 2.75) is 102 Å². The first-order valence-corrected chi connectivity index (χ1v) is 21.4. The third-order valence-electron chi connectivity index (χ3n) is 11.8. The minimum Gasteiger partial charge on any atom is -0.504 e. The number of thioether (sulfide) groups is 1. The molecule has 17 heteroatoms. The number of amides is 2. The van der Waals surface area contributed by atoms with Crippen LogP contribution in [0.3, 0.4) is 0 Å². The fraction of sp³-hybridized carbons (Fsp3) is 0.463. The number of aliphatic carboxylic acids is 2. The van der Waals surface area contributed by atoms with Gasteiger partial charge in [0.2, 0.25) is 5.60 Å². The average Bonchev–Trinajstić information content (AvgIpc) is 3.88. The number of nitrogens with one attached hydrogen (secondary N) is 1. The van der Waals surface area contributed by atoms with Crippen LogP contribution in [0.15, 0.2) is 58.2 Å². The lowest BCUT2D eigenvalue weighted by Crippen LogP contribution is -2.71. The molecule has 1 saturated carbocycles. The lowest BCUT2D eigenvalue weighted by molar-refractivity contribution is -0.977. The second kappa shape index (κ2) is 16.3. The van der Waals surface area contributed by atoms with E-state index in [1.165, 1.54) is 67.1 Å². The van der Waals surface area contributed by atoms with Gasteiger partial charge in [-0.05, 0) is 87.1 Å². The summed E-state index contributed by atoms with van der Waals surface area (Å²) in [6.45, 7) is 7.26. The number of carbonyl (C=O) groups excluding carboxylic acids is 2. The number of quaternary nitrogens is 1. The summed E-state index contributed by atoms with van der Waals surface area (Å²) >= 11 is 2.40. The topological polar surface area (TPSA) is 225 Å². The van der Waals surface area contributed by atoms with E-state index in [0.29, 0.717) is 30.2 Å². The molecule has 4 heterocycles. The minimum absolute atomic E-state index is 0.0325. The van der Waals surface area contributed by atoms with Crippen molar-refractivity contribution < 1.29 is 48.9 Å². The highest BCUT2D eigenvalue weighted by Gasteiger charge is 2.54. The number of carboxylic acids is 2. The number of nitrogens with zero attached hydrogens (tertiary/aromatic N) is 4. The summed E-state index contributed by atoms with van der Waals surface area (Å²) in [6, 6.07) is 11.6. The van der Waals surface area contributed by atoms with Crippen LogP contribution in [0.25, 0.3) is 0 Å². The molecule has 308 valence electrons. The first-order valence-electron chi connectivity index (χ1n) is 19.4. The Bertz CT molecular complexity index is 2180. The zero-order chi connectivity index (χ0) is 41.5. The summed E-state index contributed by atoms with van der Waals surface area (Å²) in [5, 5.41) is 47.4. The number of rotatable bonds is 14. The van der Waals surface area contributed by atoms with Gasteiger partial charge in [0.1, 0.15) is 35.9 Å². The summed E-state index contributed by atoms with van der Waals surface area (Å²) < 4.78 is 0.937. The van der Waals surface area contributed by atoms with E-state index in [4.69, 9.17) is 10.6 Å². The standard InChI is InChI=1S/C41H48N6O9S2/c1-22(14-23-8-10-24(11-9-23)18-47(28-6-4-5-7-28)13-12-25-16-30(48)31(49)17-26(25)19-47)15-27-20-57-37-33(36(51)46(37)34(27)38(52)53)44-35(50)32(29-21-58-40(42)43-29)45-56-41(2,3)39(54)55/h8-11,16-17,21-22,28,33,37H,4-7,12-15,18-20H2,1-3H3,(H6-,42,43,44,45,48,49,50,52,53,54,55)/p+1/t22-,33+,37+,47?/m0/s1. The van der Waals surface area contributed by atoms with Gasteiger partial charge in [0, 0.05) is 28.7 Å². The van der Waals surface area contributed by atoms with Crippen molar-refractivity contribution in [1.82, 2.24) is 15.2 Å². The van der Waals surface area contributed by atoms with Crippen LogP contribution in [0.2, 0.25) is 0 Å². The lowest BCUT2D eigenvalue weighted by Gasteiger charge is -2.49. The normalized spacial score (nSPS) is 22.8. The number of carbonyl (C=O) groups is 4. The van der Waals surface area contributed by atoms with E-state index >= 15 is 0 Å². The fourth-order valence-corrected chi connectivity index (χ4v) is 10.6. The second-order valence-corrected chi connectivity index (χ2v) is 18.4. The number of nitrogen functional groups attached to an aromatic ring is 1. The third kappa shape index (κ3) is 8.25. The number of anilines is 1. The smallest absolute Gasteiger partial charge is 0.352 e. The van der Waals surface area contributed by atoms with E-state index < -0.39 is 40.8 Å². The number of β-lactam (4-membered cyclic amide) rings is 1. The van der Waals surface area contributed by atoms with Gasteiger partial charge in [0.05, 0.1) is 12.6 Å². The molecule has 3 aromatic rings. The summed E-state index contributed by atoms with van der Waals surface area (Å²) in [4.78, 5) is 61.6. The van der Waals surface area contributed by atoms with Crippen molar-refractivity contribution in [3.63, 3.8) is 0 Å². The van der Waals surface area contributed by atoms with Crippen molar-refractivity contribution in [3.05, 3.63) is 81.0 Å². The highest BCUT2D eigenvalue weighted by Crippen LogP contribution is 2.43. The van der Waals surface area contributed by atoms with Gasteiger partial charge < -0.3 is 40.8 Å². The van der Waals surface area contributed by atoms with E-state index in [0.717, 1.165) is 58.6 Å². The number of carboxylic acid groups (broad SMARTS) is 2. The molecule has 1 unspecified atom stereocenters. The SMILES string of the molecule is C[C@H](CC1=C(C(=O)O)N2C(=O)[C@@H](NC(=O)/C(=N\OC(C)(C)C(=O)O)c3csc(N)n3)[C@H]2SC1)Cc1ccc(C[N+]2(C3CCCC3)CCc3cc(O)c(O)cc3C2)cc1. The van der Waals surface area contributed by atoms with Gasteiger partial charge in [0.15, 0.2) is 22.3 Å². The number of fused-ring (bicyclic) bond motifs is 2. The van der Waals surface area contributed by atoms with Crippen LogP contribution in [0.5, 0.6) is 11.5 Å². The van der Waals surface area contributed by atoms with E-state index in [1.54, 1.807) is 12.1 Å². The molecule has 0 radical (unpaired) electrons. The molecule has 15 nitrogen and oxygen atoms in total. The number of phenolic OH excluding ortho intramolecular Hbond substituents is 2. The van der Waals surface area contributed by atoms with Crippen molar-refractivity contribution in [2.75, 3.05) is 18.0 Å². The van der Waals surface area contributed by atoms with Crippen LogP contribution >= 0.6 is 23.1 Å². The Balaban J connectivity index is 1.00. The van der Waals surface area contributed by atoms with Gasteiger partial charge in [-0.15, -0.1) is 23.1 Å². The van der Waals surface area contributed by atoms with Crippen molar-refractivity contribution in [3.8, 4) is 11.5 Å². The van der Waals surface area contributed by atoms with E-state index in [-0.39, 0.29) is 39.7 Å². The van der Waals surface area contributed by atoms with Crippen LogP contribution in [0.1, 0.15) is 80.8 Å². The number of nitrogens with two attached hydrogens (primary N) is 1. The lowest BCUT2D eigenvalue weighted by atomic mass is 9.91. The fourth-order valence-electron chi connectivity index (χ4n) is 8.72. The number of phenols is 2. The molecule has 3 aliphatic heterocycles. The van der Waals surface area contributed by atoms with Gasteiger partial charge in [-0.3, -0.25) is 14.5 Å². The zero-order valence-electron chi connectivity index (χ0n) is 32.6. The highest BCUT2D eigenvalue weighted by molar-refractivity contribution is 8.00. The van der Waals surface area contributed by atoms with Crippen molar-refractivity contribution in [2.24, 2.45) is 11.1 Å². The molecule has 4 atom stereocenters. The van der Waals surface area contributed by atoms with Crippen LogP contribution in [-0.4, -0.2) is 99.6 Å². The summed E-state index contributed by atoms with van der Waals surface area (Å²) in [7, 11) is 0. The van der Waals surface area contributed by atoms with Crippen LogP contribution < -0.4 is 11.1 Å². The van der Waals surface area contributed by atoms with E-state index in [9.17, 15) is 39.6 Å². The number of aromatic hydroxyl groups is 2. The van der Waals surface area contributed by atoms with Gasteiger partial charge in [-0.25, -0.2) is 14.6 Å². The number of benzene rings is 2. The number of hydrogen-bond donors (Lipinski definition) is 6. The molecule has 2 fully saturated rings. The van der Waals surface area contributed by atoms with Gasteiger partial charge in [-0.1, -0.05) is 36.3 Å². The van der Waals surface area contributed by atoms with E-state index in [1.807, 2.05) is 0 Å². The Morgan fingerprint density at radius 2 is 1.74 bits per heavy atom. The minimum atomic E-state index is -1.77. The number of oxime groups is 1. The van der Waals surface area contributed by atoms with Gasteiger partial charge in [0.25, 0.3) is 11.8 Å². The first-order chi connectivity index (χ1) is 27.5. The second-order valence-electron chi connectivity index (χ2n) is 16.4. The molecule has 4 aliphatic rings. The molecule has 7 N–H and O–H groups in total. The average molecular weight is 834 g/mol. The Kier molecular flexibility index (Phi) is 11.5. The van der Waals surface area contributed by atoms with Gasteiger partial charge in [-0.2, -0.15) is 0 Å². The molecule has 7 rings (SSSR count). The predicted octanol–water partition coefficient (Wildman–Crippen LogP) is 4.74. The maximum absolute atomic E-state index is 13.5. The molecule has 0 spiro atoms. The zero-order valence-corrected chi connectivity index (χ0v) is 34.3. The highest BCUT2D eigenvalue weighted by atomic mass is 32.2. The quantitative estimate of drug-likeness (QED) is 0.0426. The number of thiazole rings is 1. The molecule has 1 aromatic heterocycles. The monoisotopic (exact) mass is 833 g/mol. The van der Waals surface area contributed by atoms with E-state index in [2.05, 4.69) is 46.6 Å². The molecule has 2 amide bonds. The summed E-state index contributed by atoms with van der Waals surface area (Å²) in [5.74, 6) is -3.69. The Morgan fingerprint density at radius 3 is 2.38 bits per heavy atom. The van der Waals surface area contributed by atoms with Crippen molar-refractivity contribution >= 4 is 57.7 Å². The van der Waals surface area contributed by atoms with Crippen LogP contribution in [-0.2, 0) is 49.9 Å². The molecular weight excluding hydrogens is 785 g/mol. The van der Waals surface area contributed by atoms with Crippen molar-refractivity contribution in [1.29, 1.82) is 0 Å². The maximum Gasteiger partial charge on any atom is 0.352 e. The summed E-state index contributed by atoms with van der Waals surface area (Å²) in [6.07, 6.45) is 6.84. The molecular formula is C41H49N6O9S2+. The maximum atomic E-state index is 13.5. The predicted molar refractivity (Wildman–Crippen MR) is 218 cm³/mol. The Hall–Kier alpha value is -5.13. The number of hydrogen-bond acceptors (Lipinski definition) is 12. The number of aromatic nitrogens is 1. The Morgan fingerprint density at radius 1 is 1.07 bits per heavy atom. The van der Waals surface area contributed by atoms with Crippen LogP contribution in [0, 0.1) is 5.92 Å². The van der Waals surface area contributed by atoms with Crippen LogP contribution in [0.4, 0.5) is 5.13 Å². The molecule has 1 aliphatic carbocycles. The van der Waals surface area contributed by atoms with Gasteiger partial charge >= 0.3 is 11.9 Å². The third-order valence-corrected chi connectivity index (χ3v) is 13.8. The largest absolute Gasteiger partial charge is 0.504 e. The Labute approximate surface area is 344 Å². The molecule has 58 heavy (non-hydrogen) atoms. The molecule has 2 aromatic carbocycles. The molecule has 1 saturated heterocycles. The summed E-state index contributed by atoms with van der Waals surface area (Å²) in [5.41, 5.74) is 8.80.